The molecule has 0 aromatic heterocycles. The summed E-state index contributed by atoms with van der Waals surface area (Å²) in [6, 6.07) is 0. The van der Waals surface area contributed by atoms with Crippen molar-refractivity contribution in [2.24, 2.45) is 0 Å². The van der Waals surface area contributed by atoms with E-state index >= 15 is 0 Å². The maximum Gasteiger partial charge on any atom is 0.328 e. The van der Waals surface area contributed by atoms with E-state index in [1.54, 1.807) is 0 Å². The molecule has 0 saturated carbocycles. The van der Waals surface area contributed by atoms with Gasteiger partial charge in [0.1, 0.15) is 0 Å². The minimum Gasteiger partial charge on any atom is -0.478 e. The Balaban J connectivity index is 5.73. The minimum absolute atomic E-state index is 0.115. The van der Waals surface area contributed by atoms with Gasteiger partial charge in [-0.3, -0.25) is 13.9 Å². The summed E-state index contributed by atoms with van der Waals surface area (Å²) in [5.41, 5.74) is 0. The van der Waals surface area contributed by atoms with Gasteiger partial charge in [0.05, 0.1) is 0 Å². The predicted octanol–water partition coefficient (Wildman–Crippen LogP) is -1.08. The van der Waals surface area contributed by atoms with E-state index in [2.05, 4.69) is 0 Å². The molecule has 0 aliphatic heterocycles. The van der Waals surface area contributed by atoms with Crippen LogP contribution < -0.4 is 0 Å². The number of amides is 1. The average molecular weight is 331 g/mol. The Kier molecular flexibility index (Phi) is 5.83. The minimum atomic E-state index is -4.84. The van der Waals surface area contributed by atoms with Crippen LogP contribution in [0.2, 0.25) is 0 Å². The summed E-state index contributed by atoms with van der Waals surface area (Å²) in [6.07, 6.45) is 0.744. The van der Waals surface area contributed by atoms with E-state index in [-0.39, 0.29) is 4.90 Å². The third-order valence-electron chi connectivity index (χ3n) is 2.27. The topological polar surface area (TPSA) is 166 Å². The molecule has 0 rings (SSSR count). The van der Waals surface area contributed by atoms with Crippen LogP contribution in [0.3, 0.4) is 0 Å². The molecule has 0 fully saturated rings. The van der Waals surface area contributed by atoms with Crippen molar-refractivity contribution in [3.05, 3.63) is 12.2 Å². The molecule has 12 heteroatoms. The third-order valence-corrected chi connectivity index (χ3v) is 4.45. The number of rotatable bonds is 6. The molecular formula is C8H13NO9S2. The van der Waals surface area contributed by atoms with Crippen molar-refractivity contribution in [2.75, 3.05) is 0 Å². The van der Waals surface area contributed by atoms with E-state index in [0.29, 0.717) is 12.2 Å². The van der Waals surface area contributed by atoms with Gasteiger partial charge in [-0.1, -0.05) is 0 Å². The lowest BCUT2D eigenvalue weighted by atomic mass is 10.4. The highest BCUT2D eigenvalue weighted by atomic mass is 32.2. The van der Waals surface area contributed by atoms with E-state index in [1.165, 1.54) is 0 Å². The second kappa shape index (κ2) is 6.30. The molecule has 0 heterocycles. The largest absolute Gasteiger partial charge is 0.478 e. The third kappa shape index (κ3) is 5.24. The Morgan fingerprint density at radius 1 is 0.950 bits per heavy atom. The standard InChI is InChI=1S/C8H13NO9S2/c1-5(19(13,14)15)9(6(2)20(16,17)18)7(10)3-4-8(11)12/h3-6H,1-2H3,(H,11,12)(H,13,14,15)(H,16,17,18)/b4-3-. The van der Waals surface area contributed by atoms with E-state index < -0.39 is 42.9 Å². The van der Waals surface area contributed by atoms with Crippen molar-refractivity contribution in [1.29, 1.82) is 0 Å². The molecule has 1 amide bonds. The first-order valence-corrected chi connectivity index (χ1v) is 7.95. The normalized spacial score (nSPS) is 15.8. The summed E-state index contributed by atoms with van der Waals surface area (Å²) in [6.45, 7) is 1.59. The molecule has 0 aromatic carbocycles. The highest BCUT2D eigenvalue weighted by Crippen LogP contribution is 2.15. The fourth-order valence-electron chi connectivity index (χ4n) is 1.17. The fourth-order valence-corrected chi connectivity index (χ4v) is 2.39. The highest BCUT2D eigenvalue weighted by Gasteiger charge is 2.37. The van der Waals surface area contributed by atoms with Gasteiger partial charge in [-0.2, -0.15) is 16.8 Å². The van der Waals surface area contributed by atoms with Gasteiger partial charge in [0.2, 0.25) is 5.91 Å². The van der Waals surface area contributed by atoms with Crippen molar-refractivity contribution < 1.29 is 40.6 Å². The van der Waals surface area contributed by atoms with Gasteiger partial charge < -0.3 is 10.0 Å². The molecule has 116 valence electrons. The molecule has 3 N–H and O–H groups in total. The summed E-state index contributed by atoms with van der Waals surface area (Å²) in [5.74, 6) is -2.86. The van der Waals surface area contributed by atoms with Crippen LogP contribution in [0, 0.1) is 0 Å². The highest BCUT2D eigenvalue weighted by molar-refractivity contribution is 7.87. The predicted molar refractivity (Wildman–Crippen MR) is 65.6 cm³/mol. The molecule has 0 bridgehead atoms. The molecule has 2 unspecified atom stereocenters. The van der Waals surface area contributed by atoms with Crippen LogP contribution in [-0.2, 0) is 29.8 Å². The lowest BCUT2D eigenvalue weighted by Crippen LogP contribution is -2.50. The number of nitrogens with zero attached hydrogens (tertiary/aromatic N) is 1. The summed E-state index contributed by atoms with van der Waals surface area (Å²) in [7, 11) is -9.69. The molecule has 0 saturated heterocycles. The maximum absolute atomic E-state index is 11.6. The quantitative estimate of drug-likeness (QED) is 0.405. The van der Waals surface area contributed by atoms with Gasteiger partial charge >= 0.3 is 5.97 Å². The Bertz CT molecular complexity index is 580. The van der Waals surface area contributed by atoms with Crippen LogP contribution >= 0.6 is 0 Å². The van der Waals surface area contributed by atoms with Gasteiger partial charge in [0.15, 0.2) is 10.7 Å². The number of carbonyl (C=O) groups excluding carboxylic acids is 1. The Morgan fingerprint density at radius 2 is 1.30 bits per heavy atom. The number of carboxylic acids is 1. The van der Waals surface area contributed by atoms with Crippen LogP contribution in [0.1, 0.15) is 13.8 Å². The molecule has 0 spiro atoms. The van der Waals surface area contributed by atoms with Crippen molar-refractivity contribution >= 4 is 32.1 Å². The van der Waals surface area contributed by atoms with E-state index in [4.69, 9.17) is 14.2 Å². The summed E-state index contributed by atoms with van der Waals surface area (Å²) >= 11 is 0. The maximum atomic E-state index is 11.6. The Morgan fingerprint density at radius 3 is 1.55 bits per heavy atom. The monoisotopic (exact) mass is 331 g/mol. The number of carbonyl (C=O) groups is 2. The van der Waals surface area contributed by atoms with Crippen molar-refractivity contribution in [1.82, 2.24) is 4.90 Å². The first-order valence-electron chi connectivity index (χ1n) is 4.94. The first kappa shape index (κ1) is 18.5. The van der Waals surface area contributed by atoms with Gasteiger partial charge in [0.25, 0.3) is 20.2 Å². The summed E-state index contributed by atoms with van der Waals surface area (Å²) in [5, 5.41) is 4.33. The zero-order valence-corrected chi connectivity index (χ0v) is 12.0. The van der Waals surface area contributed by atoms with Crippen LogP contribution in [-0.4, -0.2) is 58.6 Å². The molecule has 0 aliphatic carbocycles. The van der Waals surface area contributed by atoms with Crippen molar-refractivity contribution in [2.45, 2.75) is 24.6 Å². The van der Waals surface area contributed by atoms with E-state index in [1.807, 2.05) is 0 Å². The fraction of sp³-hybridized carbons (Fsp3) is 0.500. The van der Waals surface area contributed by atoms with Gasteiger partial charge in [-0.15, -0.1) is 0 Å². The second-order valence-corrected chi connectivity index (χ2v) is 7.07. The summed E-state index contributed by atoms with van der Waals surface area (Å²) in [4.78, 5) is 22.0. The van der Waals surface area contributed by atoms with Gasteiger partial charge in [0, 0.05) is 12.2 Å². The smallest absolute Gasteiger partial charge is 0.328 e. The zero-order valence-electron chi connectivity index (χ0n) is 10.4. The molecule has 10 nitrogen and oxygen atoms in total. The van der Waals surface area contributed by atoms with E-state index in [0.717, 1.165) is 13.8 Å². The Hall–Kier alpha value is -1.50. The van der Waals surface area contributed by atoms with Gasteiger partial charge in [-0.05, 0) is 13.8 Å². The number of carboxylic acid groups (broad SMARTS) is 1. The Labute approximate surface area is 115 Å². The molecule has 0 radical (unpaired) electrons. The number of aliphatic carboxylic acids is 1. The lowest BCUT2D eigenvalue weighted by Gasteiger charge is -2.29. The SMILES string of the molecule is CC(N(C(=O)/C=C\C(=O)O)C(C)S(=O)(=O)O)S(=O)(=O)O. The molecule has 0 aromatic rings. The first-order chi connectivity index (χ1) is 8.78. The molecule has 20 heavy (non-hydrogen) atoms. The van der Waals surface area contributed by atoms with Crippen molar-refractivity contribution in [3.63, 3.8) is 0 Å². The molecular weight excluding hydrogens is 318 g/mol. The molecule has 2 atom stereocenters. The second-order valence-electron chi connectivity index (χ2n) is 3.65. The van der Waals surface area contributed by atoms with Crippen LogP contribution in [0.5, 0.6) is 0 Å². The lowest BCUT2D eigenvalue weighted by molar-refractivity contribution is -0.132. The number of hydrogen-bond acceptors (Lipinski definition) is 6. The van der Waals surface area contributed by atoms with Crippen LogP contribution in [0.4, 0.5) is 0 Å². The van der Waals surface area contributed by atoms with Crippen molar-refractivity contribution in [3.8, 4) is 0 Å². The summed E-state index contributed by atoms with van der Waals surface area (Å²) < 4.78 is 61.7. The van der Waals surface area contributed by atoms with Crippen LogP contribution in [0.25, 0.3) is 0 Å². The van der Waals surface area contributed by atoms with Crippen LogP contribution in [0.15, 0.2) is 12.2 Å². The molecule has 0 aliphatic rings. The number of hydrogen-bond donors (Lipinski definition) is 3. The average Bonchev–Trinajstić information content (AvgIpc) is 2.23. The van der Waals surface area contributed by atoms with E-state index in [9.17, 15) is 26.4 Å². The van der Waals surface area contributed by atoms with Gasteiger partial charge in [-0.25, -0.2) is 4.79 Å². The zero-order chi connectivity index (χ0) is 16.3.